The average molecular weight is 313 g/mol. The summed E-state index contributed by atoms with van der Waals surface area (Å²) < 4.78 is 29.2. The number of amides is 1. The summed E-state index contributed by atoms with van der Waals surface area (Å²) in [7, 11) is 3.79. The van der Waals surface area contributed by atoms with E-state index < -0.39 is 13.0 Å². The Balaban J connectivity index is 1.94. The number of hydrogen-bond donors (Lipinski definition) is 0. The van der Waals surface area contributed by atoms with Crippen LogP contribution < -0.4 is 4.74 Å². The molecule has 0 radical (unpaired) electrons. The number of carbonyl (C=O) groups is 1. The van der Waals surface area contributed by atoms with Gasteiger partial charge in [-0.1, -0.05) is 0 Å². The third-order valence-corrected chi connectivity index (χ3v) is 3.69. The van der Waals surface area contributed by atoms with Gasteiger partial charge in [0.1, 0.15) is 18.1 Å². The second kappa shape index (κ2) is 7.49. The fourth-order valence-corrected chi connectivity index (χ4v) is 2.62. The van der Waals surface area contributed by atoms with Gasteiger partial charge in [-0.25, -0.2) is 8.78 Å². The van der Waals surface area contributed by atoms with Gasteiger partial charge in [-0.3, -0.25) is 9.78 Å². The van der Waals surface area contributed by atoms with E-state index in [9.17, 15) is 13.6 Å². The summed E-state index contributed by atoms with van der Waals surface area (Å²) in [6.07, 6.45) is -0.0843. The molecule has 5 nitrogen and oxygen atoms in total. The number of likely N-dealkylation sites (tertiary alicyclic amines) is 1. The largest absolute Gasteiger partial charge is 0.488 e. The lowest BCUT2D eigenvalue weighted by atomic mass is 10.1. The predicted molar refractivity (Wildman–Crippen MR) is 78.3 cm³/mol. The molecule has 0 aliphatic carbocycles. The summed E-state index contributed by atoms with van der Waals surface area (Å²) in [6.45, 7) is 1.99. The van der Waals surface area contributed by atoms with E-state index in [4.69, 9.17) is 4.74 Å². The highest BCUT2D eigenvalue weighted by atomic mass is 19.3. The molecule has 2 heterocycles. The van der Waals surface area contributed by atoms with E-state index in [1.165, 1.54) is 18.3 Å². The number of hydrogen-bond acceptors (Lipinski definition) is 4. The third-order valence-electron chi connectivity index (χ3n) is 3.69. The van der Waals surface area contributed by atoms with Gasteiger partial charge in [0.25, 0.3) is 12.3 Å². The fourth-order valence-electron chi connectivity index (χ4n) is 2.62. The maximum atomic E-state index is 12.4. The Kier molecular flexibility index (Phi) is 5.65. The summed E-state index contributed by atoms with van der Waals surface area (Å²) >= 11 is 0. The van der Waals surface area contributed by atoms with E-state index in [1.807, 2.05) is 0 Å². The third kappa shape index (κ3) is 4.62. The quantitative estimate of drug-likeness (QED) is 0.803. The summed E-state index contributed by atoms with van der Waals surface area (Å²) in [5, 5.41) is 0. The molecule has 1 aromatic rings. The number of ether oxygens (including phenoxy) is 1. The zero-order valence-corrected chi connectivity index (χ0v) is 12.8. The van der Waals surface area contributed by atoms with E-state index >= 15 is 0 Å². The van der Waals surface area contributed by atoms with E-state index in [-0.39, 0.29) is 17.4 Å². The normalized spacial score (nSPS) is 18.7. The topological polar surface area (TPSA) is 45.7 Å². The number of aromatic nitrogens is 1. The highest BCUT2D eigenvalue weighted by molar-refractivity contribution is 5.92. The van der Waals surface area contributed by atoms with Gasteiger partial charge in [-0.2, -0.15) is 0 Å². The van der Waals surface area contributed by atoms with Crippen LogP contribution in [0.3, 0.4) is 0 Å². The van der Waals surface area contributed by atoms with E-state index in [2.05, 4.69) is 16.9 Å². The summed E-state index contributed by atoms with van der Waals surface area (Å²) in [5.41, 5.74) is 0.209. The molecule has 1 saturated heterocycles. The van der Waals surface area contributed by atoms with Crippen LogP contribution in [-0.4, -0.2) is 67.5 Å². The molecule has 1 aliphatic heterocycles. The molecular formula is C15H21F2N3O2. The van der Waals surface area contributed by atoms with Crippen LogP contribution in [0.15, 0.2) is 18.3 Å². The highest BCUT2D eigenvalue weighted by Crippen LogP contribution is 2.17. The Hall–Kier alpha value is -1.76. The highest BCUT2D eigenvalue weighted by Gasteiger charge is 2.23. The number of pyridine rings is 1. The van der Waals surface area contributed by atoms with Gasteiger partial charge >= 0.3 is 0 Å². The summed E-state index contributed by atoms with van der Waals surface area (Å²) in [4.78, 5) is 20.2. The molecular weight excluding hydrogens is 292 g/mol. The van der Waals surface area contributed by atoms with Crippen LogP contribution in [0, 0.1) is 5.92 Å². The van der Waals surface area contributed by atoms with E-state index in [0.717, 1.165) is 19.5 Å². The van der Waals surface area contributed by atoms with Crippen LogP contribution in [0.4, 0.5) is 8.78 Å². The first kappa shape index (κ1) is 16.6. The van der Waals surface area contributed by atoms with Crippen molar-refractivity contribution < 1.29 is 18.3 Å². The van der Waals surface area contributed by atoms with Gasteiger partial charge in [-0.05, 0) is 32.0 Å². The number of halogens is 2. The summed E-state index contributed by atoms with van der Waals surface area (Å²) in [6, 6.07) is 2.87. The molecule has 0 N–H and O–H groups in total. The van der Waals surface area contributed by atoms with Crippen molar-refractivity contribution in [3.05, 3.63) is 24.0 Å². The van der Waals surface area contributed by atoms with Gasteiger partial charge in [0.05, 0.1) is 0 Å². The molecule has 1 amide bonds. The second-order valence-electron chi connectivity index (χ2n) is 5.68. The van der Waals surface area contributed by atoms with Crippen molar-refractivity contribution in [2.45, 2.75) is 12.8 Å². The molecule has 1 atom stereocenters. The van der Waals surface area contributed by atoms with Crippen LogP contribution in [-0.2, 0) is 0 Å². The number of rotatable bonds is 6. The first-order valence-electron chi connectivity index (χ1n) is 7.26. The standard InChI is InChI=1S/C15H21F2N3O2/c1-19-6-4-11(8-19)9-20(2)15(21)13-7-12(3-5-18-13)22-10-14(16)17/h3,5,7,11,14H,4,6,8-10H2,1-2H3. The maximum absolute atomic E-state index is 12.4. The van der Waals surface area contributed by atoms with E-state index in [1.54, 1.807) is 11.9 Å². The van der Waals surface area contributed by atoms with Crippen molar-refractivity contribution in [1.29, 1.82) is 0 Å². The molecule has 1 aromatic heterocycles. The number of alkyl halides is 2. The Morgan fingerprint density at radius 2 is 2.36 bits per heavy atom. The van der Waals surface area contributed by atoms with Crippen LogP contribution in [0.1, 0.15) is 16.9 Å². The minimum Gasteiger partial charge on any atom is -0.488 e. The molecule has 0 bridgehead atoms. The van der Waals surface area contributed by atoms with Gasteiger partial charge < -0.3 is 14.5 Å². The second-order valence-corrected chi connectivity index (χ2v) is 5.68. The smallest absolute Gasteiger partial charge is 0.272 e. The molecule has 2 rings (SSSR count). The molecule has 7 heteroatoms. The van der Waals surface area contributed by atoms with Crippen molar-refractivity contribution in [1.82, 2.24) is 14.8 Å². The molecule has 1 aliphatic rings. The first-order chi connectivity index (χ1) is 10.5. The molecule has 1 unspecified atom stereocenters. The molecule has 0 spiro atoms. The van der Waals surface area contributed by atoms with E-state index in [0.29, 0.717) is 12.5 Å². The first-order valence-corrected chi connectivity index (χ1v) is 7.26. The Labute approximate surface area is 128 Å². The van der Waals surface area contributed by atoms with Crippen LogP contribution >= 0.6 is 0 Å². The molecule has 0 saturated carbocycles. The van der Waals surface area contributed by atoms with Gasteiger partial charge in [0, 0.05) is 32.4 Å². The lowest BCUT2D eigenvalue weighted by Crippen LogP contribution is -2.33. The zero-order chi connectivity index (χ0) is 16.1. The number of nitrogens with zero attached hydrogens (tertiary/aromatic N) is 3. The number of carbonyl (C=O) groups excluding carboxylic acids is 1. The predicted octanol–water partition coefficient (Wildman–Crippen LogP) is 1.75. The molecule has 1 fully saturated rings. The SMILES string of the molecule is CN1CCC(CN(C)C(=O)c2cc(OCC(F)F)ccn2)C1. The van der Waals surface area contributed by atoms with Crippen molar-refractivity contribution in [2.24, 2.45) is 5.92 Å². The minimum atomic E-state index is -2.55. The van der Waals surface area contributed by atoms with Crippen molar-refractivity contribution >= 4 is 5.91 Å². The zero-order valence-electron chi connectivity index (χ0n) is 12.8. The molecule has 22 heavy (non-hydrogen) atoms. The maximum Gasteiger partial charge on any atom is 0.272 e. The van der Waals surface area contributed by atoms with Gasteiger partial charge in [0.2, 0.25) is 0 Å². The summed E-state index contributed by atoms with van der Waals surface area (Å²) in [5.74, 6) is 0.460. The Morgan fingerprint density at radius 3 is 3.00 bits per heavy atom. The van der Waals surface area contributed by atoms with Gasteiger partial charge in [-0.15, -0.1) is 0 Å². The van der Waals surface area contributed by atoms with Crippen molar-refractivity contribution in [3.63, 3.8) is 0 Å². The van der Waals surface area contributed by atoms with Crippen molar-refractivity contribution in [2.75, 3.05) is 40.3 Å². The van der Waals surface area contributed by atoms with Crippen LogP contribution in [0.5, 0.6) is 5.75 Å². The monoisotopic (exact) mass is 313 g/mol. The molecule has 0 aromatic carbocycles. The average Bonchev–Trinajstić information content (AvgIpc) is 2.89. The van der Waals surface area contributed by atoms with Crippen molar-refractivity contribution in [3.8, 4) is 5.75 Å². The van der Waals surface area contributed by atoms with Crippen LogP contribution in [0.2, 0.25) is 0 Å². The lowest BCUT2D eigenvalue weighted by molar-refractivity contribution is 0.0763. The Bertz CT molecular complexity index is 513. The minimum absolute atomic E-state index is 0.209. The lowest BCUT2D eigenvalue weighted by Gasteiger charge is -2.21. The fraction of sp³-hybridized carbons (Fsp3) is 0.600. The van der Waals surface area contributed by atoms with Crippen LogP contribution in [0.25, 0.3) is 0 Å². The Morgan fingerprint density at radius 1 is 1.59 bits per heavy atom. The van der Waals surface area contributed by atoms with Gasteiger partial charge in [0.15, 0.2) is 0 Å². The molecule has 122 valence electrons.